The first kappa shape index (κ1) is 16.3. The van der Waals surface area contributed by atoms with Gasteiger partial charge in [0.25, 0.3) is 0 Å². The van der Waals surface area contributed by atoms with Crippen LogP contribution >= 0.6 is 0 Å². The molecule has 2 rings (SSSR count). The highest BCUT2D eigenvalue weighted by Crippen LogP contribution is 2.12. The second-order valence-corrected chi connectivity index (χ2v) is 4.82. The van der Waals surface area contributed by atoms with Crippen molar-refractivity contribution in [2.45, 2.75) is 19.3 Å². The number of esters is 1. The molecule has 0 unspecified atom stereocenters. The van der Waals surface area contributed by atoms with Gasteiger partial charge in [-0.3, -0.25) is 14.8 Å². The number of aromatic nitrogens is 2. The first-order valence-corrected chi connectivity index (χ1v) is 7.02. The van der Waals surface area contributed by atoms with Crippen molar-refractivity contribution < 1.29 is 14.3 Å². The number of carbonyl (C=O) groups is 2. The summed E-state index contributed by atoms with van der Waals surface area (Å²) in [4.78, 5) is 31.4. The van der Waals surface area contributed by atoms with Gasteiger partial charge in [0.15, 0.2) is 5.78 Å². The van der Waals surface area contributed by atoms with Gasteiger partial charge in [0.05, 0.1) is 25.2 Å². The average Bonchev–Trinajstić information content (AvgIpc) is 2.60. The van der Waals surface area contributed by atoms with Gasteiger partial charge in [0.1, 0.15) is 0 Å². The summed E-state index contributed by atoms with van der Waals surface area (Å²) in [5.41, 5.74) is 2.50. The summed E-state index contributed by atoms with van der Waals surface area (Å²) in [6.45, 7) is 0. The van der Waals surface area contributed by atoms with Crippen molar-refractivity contribution in [2.75, 3.05) is 7.11 Å². The van der Waals surface area contributed by atoms with E-state index in [1.54, 1.807) is 24.4 Å². The van der Waals surface area contributed by atoms with Crippen molar-refractivity contribution in [3.8, 4) is 6.07 Å². The Balaban J connectivity index is 2.06. The van der Waals surface area contributed by atoms with Crippen molar-refractivity contribution >= 4 is 11.8 Å². The number of rotatable bonds is 6. The number of hydrogen-bond donors (Lipinski definition) is 0. The fourth-order valence-electron chi connectivity index (χ4n) is 2.11. The summed E-state index contributed by atoms with van der Waals surface area (Å²) in [5.74, 6) is -0.660. The predicted octanol–water partition coefficient (Wildman–Crippen LogP) is 2.14. The quantitative estimate of drug-likeness (QED) is 0.599. The maximum Gasteiger partial charge on any atom is 0.339 e. The van der Waals surface area contributed by atoms with E-state index in [0.717, 1.165) is 11.3 Å². The van der Waals surface area contributed by atoms with Crippen LogP contribution in [0.25, 0.3) is 0 Å². The van der Waals surface area contributed by atoms with E-state index in [0.29, 0.717) is 24.0 Å². The van der Waals surface area contributed by atoms with Gasteiger partial charge in [-0.25, -0.2) is 4.79 Å². The van der Waals surface area contributed by atoms with Gasteiger partial charge in [-0.15, -0.1) is 0 Å². The number of carbonyl (C=O) groups excluding carboxylic acids is 2. The lowest BCUT2D eigenvalue weighted by Crippen LogP contribution is -2.07. The number of hydrogen-bond acceptors (Lipinski definition) is 6. The Morgan fingerprint density at radius 2 is 2.04 bits per heavy atom. The lowest BCUT2D eigenvalue weighted by molar-refractivity contribution is 0.0599. The zero-order chi connectivity index (χ0) is 16.7. The Labute approximate surface area is 133 Å². The molecule has 0 aromatic carbocycles. The predicted molar refractivity (Wildman–Crippen MR) is 81.8 cm³/mol. The summed E-state index contributed by atoms with van der Waals surface area (Å²) in [6, 6.07) is 7.01. The van der Waals surface area contributed by atoms with E-state index >= 15 is 0 Å². The first-order chi connectivity index (χ1) is 11.2. The van der Waals surface area contributed by atoms with E-state index < -0.39 is 5.97 Å². The van der Waals surface area contributed by atoms with E-state index in [1.165, 1.54) is 19.5 Å². The number of ketones is 1. The van der Waals surface area contributed by atoms with E-state index in [4.69, 9.17) is 10.00 Å². The van der Waals surface area contributed by atoms with Crippen molar-refractivity contribution in [1.82, 2.24) is 9.97 Å². The molecule has 116 valence electrons. The molecule has 2 aromatic heterocycles. The molecule has 0 bridgehead atoms. The third-order valence-electron chi connectivity index (χ3n) is 3.35. The van der Waals surface area contributed by atoms with Crippen LogP contribution in [0.3, 0.4) is 0 Å². The minimum atomic E-state index is -0.418. The summed E-state index contributed by atoms with van der Waals surface area (Å²) in [7, 11) is 1.33. The highest BCUT2D eigenvalue weighted by atomic mass is 16.5. The number of pyridine rings is 2. The molecular weight excluding hydrogens is 294 g/mol. The van der Waals surface area contributed by atoms with Crippen molar-refractivity contribution in [2.24, 2.45) is 0 Å². The number of aryl methyl sites for hydroxylation is 2. The molecule has 0 atom stereocenters. The second-order valence-electron chi connectivity index (χ2n) is 4.82. The molecule has 2 aromatic rings. The standard InChI is InChI=1S/C17H15N3O3/c1-23-17(22)15-11-19-9-7-12(15)2-4-14-5-3-13(10-20-14)16(21)6-8-18/h3,5,7,9-11H,2,4,6H2,1H3. The van der Waals surface area contributed by atoms with E-state index in [9.17, 15) is 9.59 Å². The molecule has 2 heterocycles. The van der Waals surface area contributed by atoms with Gasteiger partial charge in [-0.1, -0.05) is 0 Å². The fourth-order valence-corrected chi connectivity index (χ4v) is 2.11. The zero-order valence-corrected chi connectivity index (χ0v) is 12.7. The van der Waals surface area contributed by atoms with E-state index in [2.05, 4.69) is 9.97 Å². The third kappa shape index (κ3) is 4.20. The molecule has 0 saturated heterocycles. The molecule has 0 aliphatic carbocycles. The molecule has 6 heteroatoms. The zero-order valence-electron chi connectivity index (χ0n) is 12.7. The molecule has 0 amide bonds. The van der Waals surface area contributed by atoms with Crippen molar-refractivity contribution in [3.63, 3.8) is 0 Å². The molecule has 0 aliphatic rings. The summed E-state index contributed by atoms with van der Waals surface area (Å²) >= 11 is 0. The Morgan fingerprint density at radius 1 is 1.22 bits per heavy atom. The summed E-state index contributed by atoms with van der Waals surface area (Å²) < 4.78 is 4.74. The Kier molecular flexibility index (Phi) is 5.53. The second kappa shape index (κ2) is 7.80. The van der Waals surface area contributed by atoms with Crippen LogP contribution in [-0.2, 0) is 17.6 Å². The van der Waals surface area contributed by atoms with Gasteiger partial charge >= 0.3 is 5.97 Å². The monoisotopic (exact) mass is 309 g/mol. The number of methoxy groups -OCH3 is 1. The van der Waals surface area contributed by atoms with Crippen molar-refractivity contribution in [1.29, 1.82) is 5.26 Å². The Hall–Kier alpha value is -3.07. The fraction of sp³-hybridized carbons (Fsp3) is 0.235. The molecule has 0 N–H and O–H groups in total. The number of ether oxygens (including phenoxy) is 1. The molecule has 0 fully saturated rings. The van der Waals surface area contributed by atoms with Crippen LogP contribution in [0.4, 0.5) is 0 Å². The maximum absolute atomic E-state index is 11.7. The van der Waals surface area contributed by atoms with Gasteiger partial charge < -0.3 is 4.74 Å². The molecule has 0 radical (unpaired) electrons. The van der Waals surface area contributed by atoms with Crippen LogP contribution in [0, 0.1) is 11.3 Å². The number of nitriles is 1. The van der Waals surface area contributed by atoms with Crippen LogP contribution in [0.15, 0.2) is 36.8 Å². The first-order valence-electron chi connectivity index (χ1n) is 7.02. The lowest BCUT2D eigenvalue weighted by atomic mass is 10.0. The summed E-state index contributed by atoms with van der Waals surface area (Å²) in [6.07, 6.45) is 5.65. The SMILES string of the molecule is COC(=O)c1cnccc1CCc1ccc(C(=O)CC#N)cn1. The number of nitrogens with zero attached hydrogens (tertiary/aromatic N) is 3. The number of Topliss-reactive ketones (excluding diaryl/α,β-unsaturated/α-hetero) is 1. The largest absolute Gasteiger partial charge is 0.465 e. The minimum absolute atomic E-state index is 0.152. The molecular formula is C17H15N3O3. The highest BCUT2D eigenvalue weighted by molar-refractivity contribution is 5.97. The maximum atomic E-state index is 11.7. The van der Waals surface area contributed by atoms with Gasteiger partial charge in [-0.05, 0) is 36.6 Å². The Morgan fingerprint density at radius 3 is 2.70 bits per heavy atom. The van der Waals surface area contributed by atoms with Crippen LogP contribution < -0.4 is 0 Å². The molecule has 23 heavy (non-hydrogen) atoms. The van der Waals surface area contributed by atoms with Gasteiger partial charge in [-0.2, -0.15) is 5.26 Å². The highest BCUT2D eigenvalue weighted by Gasteiger charge is 2.12. The average molecular weight is 309 g/mol. The lowest BCUT2D eigenvalue weighted by Gasteiger charge is -2.07. The molecule has 0 aliphatic heterocycles. The van der Waals surface area contributed by atoms with E-state index in [1.807, 2.05) is 6.07 Å². The Bertz CT molecular complexity index is 748. The molecule has 0 spiro atoms. The summed E-state index contributed by atoms with van der Waals surface area (Å²) in [5, 5.41) is 8.52. The third-order valence-corrected chi connectivity index (χ3v) is 3.35. The minimum Gasteiger partial charge on any atom is -0.465 e. The van der Waals surface area contributed by atoms with Crippen LogP contribution in [0.5, 0.6) is 0 Å². The molecule has 0 saturated carbocycles. The topological polar surface area (TPSA) is 92.9 Å². The molecule has 6 nitrogen and oxygen atoms in total. The van der Waals surface area contributed by atoms with E-state index in [-0.39, 0.29) is 12.2 Å². The normalized spacial score (nSPS) is 9.91. The smallest absolute Gasteiger partial charge is 0.339 e. The van der Waals surface area contributed by atoms with Crippen molar-refractivity contribution in [3.05, 3.63) is 59.2 Å². The van der Waals surface area contributed by atoms with Crippen LogP contribution in [0.2, 0.25) is 0 Å². The van der Waals surface area contributed by atoms with Crippen LogP contribution in [0.1, 0.15) is 38.4 Å². The van der Waals surface area contributed by atoms with Gasteiger partial charge in [0.2, 0.25) is 0 Å². The van der Waals surface area contributed by atoms with Crippen LogP contribution in [-0.4, -0.2) is 28.8 Å². The van der Waals surface area contributed by atoms with Gasteiger partial charge in [0, 0.05) is 29.8 Å².